The number of aromatic nitrogens is 2. The van der Waals surface area contributed by atoms with Gasteiger partial charge in [-0.15, -0.1) is 5.10 Å². The molecule has 0 saturated heterocycles. The summed E-state index contributed by atoms with van der Waals surface area (Å²) in [4.78, 5) is 2.07. The molecule has 0 radical (unpaired) electrons. The second kappa shape index (κ2) is 5.59. The first-order chi connectivity index (χ1) is 9.45. The van der Waals surface area contributed by atoms with E-state index in [4.69, 9.17) is 5.73 Å². The maximum absolute atomic E-state index is 5.90. The quantitative estimate of drug-likeness (QED) is 0.931. The van der Waals surface area contributed by atoms with Gasteiger partial charge in [-0.3, -0.25) is 0 Å². The van der Waals surface area contributed by atoms with Gasteiger partial charge in [0.05, 0.1) is 5.69 Å². The summed E-state index contributed by atoms with van der Waals surface area (Å²) in [6, 6.07) is 6.39. The van der Waals surface area contributed by atoms with Crippen molar-refractivity contribution in [2.24, 2.45) is 5.73 Å². The van der Waals surface area contributed by atoms with E-state index in [2.05, 4.69) is 47.1 Å². The van der Waals surface area contributed by atoms with Crippen molar-refractivity contribution in [2.75, 3.05) is 11.9 Å². The molecule has 4 nitrogen and oxygen atoms in total. The standard InChI is InChI=1S/C16H22N4/c1-10-6-7-15(11(2)8-10)20(5)16-14(9-17)12(3)13(4)18-19-16/h6-8H,9,17H2,1-5H3. The number of rotatable bonds is 3. The minimum absolute atomic E-state index is 0.465. The Labute approximate surface area is 120 Å². The summed E-state index contributed by atoms with van der Waals surface area (Å²) in [5.74, 6) is 0.836. The summed E-state index contributed by atoms with van der Waals surface area (Å²) in [7, 11) is 2.01. The topological polar surface area (TPSA) is 55.0 Å². The zero-order chi connectivity index (χ0) is 14.9. The van der Waals surface area contributed by atoms with Gasteiger partial charge in [0.25, 0.3) is 0 Å². The maximum atomic E-state index is 5.90. The fourth-order valence-corrected chi connectivity index (χ4v) is 2.45. The van der Waals surface area contributed by atoms with Crippen LogP contribution in [0.5, 0.6) is 0 Å². The van der Waals surface area contributed by atoms with Gasteiger partial charge in [0, 0.05) is 24.8 Å². The molecule has 106 valence electrons. The number of hydrogen-bond acceptors (Lipinski definition) is 4. The zero-order valence-electron chi connectivity index (χ0n) is 12.9. The summed E-state index contributed by atoms with van der Waals surface area (Å²) >= 11 is 0. The van der Waals surface area contributed by atoms with Crippen molar-refractivity contribution < 1.29 is 0 Å². The minimum Gasteiger partial charge on any atom is -0.327 e. The number of nitrogens with zero attached hydrogens (tertiary/aromatic N) is 3. The molecule has 0 aliphatic heterocycles. The molecule has 0 bridgehead atoms. The first-order valence-corrected chi connectivity index (χ1v) is 6.79. The molecule has 0 spiro atoms. The summed E-state index contributed by atoms with van der Waals surface area (Å²) in [6.45, 7) is 8.67. The predicted octanol–water partition coefficient (Wildman–Crippen LogP) is 2.94. The smallest absolute Gasteiger partial charge is 0.160 e. The van der Waals surface area contributed by atoms with Crippen LogP contribution in [0.25, 0.3) is 0 Å². The lowest BCUT2D eigenvalue weighted by Crippen LogP contribution is -2.18. The number of benzene rings is 1. The Bertz CT molecular complexity index is 635. The molecule has 2 rings (SSSR count). The van der Waals surface area contributed by atoms with Crippen LogP contribution in [0.15, 0.2) is 18.2 Å². The van der Waals surface area contributed by atoms with Gasteiger partial charge in [0.1, 0.15) is 0 Å². The minimum atomic E-state index is 0.465. The summed E-state index contributed by atoms with van der Waals surface area (Å²) in [6.07, 6.45) is 0. The molecule has 4 heteroatoms. The SMILES string of the molecule is Cc1ccc(N(C)c2nnc(C)c(C)c2CN)c(C)c1. The van der Waals surface area contributed by atoms with E-state index in [1.165, 1.54) is 11.1 Å². The fourth-order valence-electron chi connectivity index (χ4n) is 2.45. The van der Waals surface area contributed by atoms with Gasteiger partial charge in [0.15, 0.2) is 5.82 Å². The second-order valence-electron chi connectivity index (χ2n) is 5.27. The van der Waals surface area contributed by atoms with Gasteiger partial charge < -0.3 is 10.6 Å². The molecule has 0 fully saturated rings. The molecule has 2 N–H and O–H groups in total. The maximum Gasteiger partial charge on any atom is 0.160 e. The van der Waals surface area contributed by atoms with Crippen LogP contribution in [-0.2, 0) is 6.54 Å². The summed E-state index contributed by atoms with van der Waals surface area (Å²) in [5.41, 5.74) is 12.6. The highest BCUT2D eigenvalue weighted by Gasteiger charge is 2.16. The molecule has 1 heterocycles. The van der Waals surface area contributed by atoms with Crippen LogP contribution in [0.4, 0.5) is 11.5 Å². The highest BCUT2D eigenvalue weighted by Crippen LogP contribution is 2.29. The first-order valence-electron chi connectivity index (χ1n) is 6.79. The van der Waals surface area contributed by atoms with Crippen molar-refractivity contribution in [3.63, 3.8) is 0 Å². The third kappa shape index (κ3) is 2.51. The molecular weight excluding hydrogens is 248 g/mol. The molecule has 0 aliphatic rings. The van der Waals surface area contributed by atoms with Crippen molar-refractivity contribution in [1.82, 2.24) is 10.2 Å². The van der Waals surface area contributed by atoms with Crippen LogP contribution in [-0.4, -0.2) is 17.2 Å². The van der Waals surface area contributed by atoms with E-state index in [0.29, 0.717) is 6.54 Å². The lowest BCUT2D eigenvalue weighted by molar-refractivity contribution is 0.887. The zero-order valence-corrected chi connectivity index (χ0v) is 12.9. The van der Waals surface area contributed by atoms with E-state index in [-0.39, 0.29) is 0 Å². The van der Waals surface area contributed by atoms with Crippen LogP contribution < -0.4 is 10.6 Å². The van der Waals surface area contributed by atoms with Crippen molar-refractivity contribution >= 4 is 11.5 Å². The second-order valence-corrected chi connectivity index (χ2v) is 5.27. The van der Waals surface area contributed by atoms with Crippen molar-refractivity contribution in [2.45, 2.75) is 34.2 Å². The summed E-state index contributed by atoms with van der Waals surface area (Å²) < 4.78 is 0. The van der Waals surface area contributed by atoms with Gasteiger partial charge in [-0.1, -0.05) is 17.7 Å². The Balaban J connectivity index is 2.53. The van der Waals surface area contributed by atoms with E-state index < -0.39 is 0 Å². The molecule has 20 heavy (non-hydrogen) atoms. The van der Waals surface area contributed by atoms with Crippen molar-refractivity contribution in [3.8, 4) is 0 Å². The first kappa shape index (κ1) is 14.5. The molecule has 0 unspecified atom stereocenters. The monoisotopic (exact) mass is 270 g/mol. The molecule has 2 aromatic rings. The van der Waals surface area contributed by atoms with Gasteiger partial charge in [-0.2, -0.15) is 5.10 Å². The molecule has 0 aliphatic carbocycles. The average Bonchev–Trinajstić information content (AvgIpc) is 2.41. The van der Waals surface area contributed by atoms with Gasteiger partial charge in [0.2, 0.25) is 0 Å². The molecular formula is C16H22N4. The van der Waals surface area contributed by atoms with Gasteiger partial charge >= 0.3 is 0 Å². The van der Waals surface area contributed by atoms with Gasteiger partial charge in [-0.05, 0) is 44.9 Å². The van der Waals surface area contributed by atoms with E-state index >= 15 is 0 Å². The van der Waals surface area contributed by atoms with Crippen LogP contribution >= 0.6 is 0 Å². The highest BCUT2D eigenvalue weighted by molar-refractivity contribution is 5.66. The molecule has 0 saturated carbocycles. The van der Waals surface area contributed by atoms with E-state index in [1.807, 2.05) is 20.9 Å². The molecule has 0 amide bonds. The van der Waals surface area contributed by atoms with E-state index in [9.17, 15) is 0 Å². The van der Waals surface area contributed by atoms with Crippen LogP contribution in [0, 0.1) is 27.7 Å². The number of nitrogens with two attached hydrogens (primary N) is 1. The predicted molar refractivity (Wildman–Crippen MR) is 83.4 cm³/mol. The Kier molecular flexibility index (Phi) is 4.04. The summed E-state index contributed by atoms with van der Waals surface area (Å²) in [5, 5.41) is 8.58. The Morgan fingerprint density at radius 3 is 2.40 bits per heavy atom. The number of hydrogen-bond donors (Lipinski definition) is 1. The lowest BCUT2D eigenvalue weighted by atomic mass is 10.1. The molecule has 1 aromatic carbocycles. The van der Waals surface area contributed by atoms with E-state index in [0.717, 1.165) is 28.3 Å². The van der Waals surface area contributed by atoms with Gasteiger partial charge in [-0.25, -0.2) is 0 Å². The van der Waals surface area contributed by atoms with Crippen molar-refractivity contribution in [1.29, 1.82) is 0 Å². The largest absolute Gasteiger partial charge is 0.327 e. The highest BCUT2D eigenvalue weighted by atomic mass is 15.3. The fraction of sp³-hybridized carbons (Fsp3) is 0.375. The van der Waals surface area contributed by atoms with Crippen LogP contribution in [0.2, 0.25) is 0 Å². The molecule has 0 atom stereocenters. The Morgan fingerprint density at radius 2 is 1.80 bits per heavy atom. The normalized spacial score (nSPS) is 10.7. The average molecular weight is 270 g/mol. The van der Waals surface area contributed by atoms with Crippen LogP contribution in [0.3, 0.4) is 0 Å². The molecule has 1 aromatic heterocycles. The van der Waals surface area contributed by atoms with E-state index in [1.54, 1.807) is 0 Å². The van der Waals surface area contributed by atoms with Crippen LogP contribution in [0.1, 0.15) is 27.9 Å². The number of anilines is 2. The Morgan fingerprint density at radius 1 is 1.10 bits per heavy atom. The van der Waals surface area contributed by atoms with Crippen molar-refractivity contribution in [3.05, 3.63) is 46.1 Å². The third-order valence-electron chi connectivity index (χ3n) is 3.80. The number of aryl methyl sites for hydroxylation is 3. The Hall–Kier alpha value is -1.94. The lowest BCUT2D eigenvalue weighted by Gasteiger charge is -2.23. The third-order valence-corrected chi connectivity index (χ3v) is 3.80.